The van der Waals surface area contributed by atoms with Crippen molar-refractivity contribution in [3.63, 3.8) is 0 Å². The van der Waals surface area contributed by atoms with Gasteiger partial charge in [0, 0.05) is 75.7 Å². The molecule has 0 unspecified atom stereocenters. The smallest absolute Gasteiger partial charge is 0.323 e. The number of carboxylic acids is 1. The van der Waals surface area contributed by atoms with E-state index in [0.29, 0.717) is 0 Å². The second kappa shape index (κ2) is 14.0. The van der Waals surface area contributed by atoms with Crippen molar-refractivity contribution in [3.8, 4) is 0 Å². The van der Waals surface area contributed by atoms with Gasteiger partial charge < -0.3 is 5.11 Å². The first-order valence-corrected chi connectivity index (χ1v) is 17.7. The van der Waals surface area contributed by atoms with Crippen LogP contribution in [0, 0.1) is 0 Å². The van der Waals surface area contributed by atoms with Gasteiger partial charge in [0.2, 0.25) is 0 Å². The SMILES string of the molecule is O=C(O)C(c1ccccc1)(c1ccccc1)c1ccccc1.S=S=S=S=S=S=S=S. The molecule has 3 rings (SSSR count). The summed E-state index contributed by atoms with van der Waals surface area (Å²) >= 11 is 9.21. The minimum atomic E-state index is -1.20. The Bertz CT molecular complexity index is 1080. The van der Waals surface area contributed by atoms with Crippen LogP contribution in [-0.4, -0.2) is 11.1 Å². The molecule has 0 bridgehead atoms. The Morgan fingerprint density at radius 1 is 0.600 bits per heavy atom. The van der Waals surface area contributed by atoms with Crippen LogP contribution >= 0.6 is 0 Å². The van der Waals surface area contributed by atoms with Crippen LogP contribution in [0.5, 0.6) is 0 Å². The van der Waals surface area contributed by atoms with Crippen molar-refractivity contribution in [1.82, 2.24) is 0 Å². The van der Waals surface area contributed by atoms with E-state index in [9.17, 15) is 9.90 Å². The predicted molar refractivity (Wildman–Crippen MR) is 146 cm³/mol. The van der Waals surface area contributed by atoms with Crippen LogP contribution in [0.4, 0.5) is 0 Å². The molecular formula is C20H16O2S8. The van der Waals surface area contributed by atoms with Gasteiger partial charge in [-0.3, -0.25) is 4.79 Å². The molecule has 0 aliphatic carbocycles. The number of aliphatic carboxylic acids is 1. The number of rotatable bonds is 4. The van der Waals surface area contributed by atoms with E-state index in [0.717, 1.165) is 16.7 Å². The fourth-order valence-electron chi connectivity index (χ4n) is 2.98. The van der Waals surface area contributed by atoms with Gasteiger partial charge >= 0.3 is 5.97 Å². The fourth-order valence-corrected chi connectivity index (χ4v) is 14.0. The van der Waals surface area contributed by atoms with E-state index in [2.05, 4.69) is 22.4 Å². The Labute approximate surface area is 202 Å². The highest BCUT2D eigenvalue weighted by molar-refractivity contribution is 8.70. The molecule has 0 spiro atoms. The minimum Gasteiger partial charge on any atom is -0.480 e. The second-order valence-electron chi connectivity index (χ2n) is 5.56. The van der Waals surface area contributed by atoms with Gasteiger partial charge in [0.1, 0.15) is 5.41 Å². The summed E-state index contributed by atoms with van der Waals surface area (Å²) in [6.07, 6.45) is 0. The lowest BCUT2D eigenvalue weighted by Crippen LogP contribution is -2.38. The molecule has 3 aromatic carbocycles. The van der Waals surface area contributed by atoms with Crippen LogP contribution in [0.25, 0.3) is 0 Å². The molecular weight excluding hydrogens is 529 g/mol. The van der Waals surface area contributed by atoms with Gasteiger partial charge in [0.25, 0.3) is 0 Å². The van der Waals surface area contributed by atoms with E-state index in [-0.39, 0.29) is 0 Å². The predicted octanol–water partition coefficient (Wildman–Crippen LogP) is 4.09. The van der Waals surface area contributed by atoms with Crippen molar-refractivity contribution in [2.24, 2.45) is 0 Å². The average molecular weight is 545 g/mol. The Hall–Kier alpha value is -1.11. The topological polar surface area (TPSA) is 37.3 Å². The van der Waals surface area contributed by atoms with Gasteiger partial charge in [-0.25, -0.2) is 0 Å². The van der Waals surface area contributed by atoms with Crippen molar-refractivity contribution in [3.05, 3.63) is 108 Å². The normalized spacial score (nSPS) is 9.87. The molecule has 0 aliphatic rings. The van der Waals surface area contributed by atoms with Gasteiger partial charge in [-0.2, -0.15) is 0 Å². The maximum absolute atomic E-state index is 12.4. The molecule has 0 aromatic heterocycles. The van der Waals surface area contributed by atoms with Gasteiger partial charge in [-0.1, -0.05) is 91.0 Å². The molecule has 0 saturated carbocycles. The van der Waals surface area contributed by atoms with E-state index >= 15 is 0 Å². The molecule has 3 aromatic rings. The Morgan fingerprint density at radius 2 is 0.900 bits per heavy atom. The van der Waals surface area contributed by atoms with Gasteiger partial charge in [0.05, 0.1) is 0 Å². The van der Waals surface area contributed by atoms with Crippen LogP contribution in [0.1, 0.15) is 16.7 Å². The van der Waals surface area contributed by atoms with Crippen LogP contribution in [-0.2, 0) is 85.9 Å². The highest BCUT2D eigenvalue weighted by Crippen LogP contribution is 2.39. The van der Waals surface area contributed by atoms with Crippen molar-refractivity contribution < 1.29 is 9.90 Å². The van der Waals surface area contributed by atoms with Crippen molar-refractivity contribution >= 4 is 81.6 Å². The zero-order valence-corrected chi connectivity index (χ0v) is 21.8. The molecule has 0 amide bonds. The van der Waals surface area contributed by atoms with E-state index in [1.165, 1.54) is 17.8 Å². The maximum atomic E-state index is 12.4. The number of hydrogen-bond acceptors (Lipinski definition) is 3. The first-order valence-electron chi connectivity index (χ1n) is 8.33. The molecule has 156 valence electrons. The molecule has 0 radical (unpaired) electrons. The number of hydrogen-bond donors (Lipinski definition) is 1. The largest absolute Gasteiger partial charge is 0.480 e. The minimum absolute atomic E-state index is 0.750. The van der Waals surface area contributed by atoms with Crippen LogP contribution in [0.15, 0.2) is 91.0 Å². The number of carboxylic acid groups (broad SMARTS) is 1. The molecule has 2 nitrogen and oxygen atoms in total. The van der Waals surface area contributed by atoms with Gasteiger partial charge in [0.15, 0.2) is 0 Å². The summed E-state index contributed by atoms with van der Waals surface area (Å²) < 4.78 is 0. The molecule has 0 atom stereocenters. The first kappa shape index (κ1) is 25.2. The quantitative estimate of drug-likeness (QED) is 0.502. The number of benzene rings is 3. The summed E-state index contributed by atoms with van der Waals surface area (Å²) in [4.78, 5) is 12.4. The Kier molecular flexibility index (Phi) is 11.8. The lowest BCUT2D eigenvalue weighted by Gasteiger charge is -2.31. The van der Waals surface area contributed by atoms with E-state index < -0.39 is 11.4 Å². The standard InChI is InChI=1S/C20H16O2.S8/c21-19(22)20(16-10-4-1-5-11-16,17-12-6-2-7-13-17)18-14-8-3-9-15-18;1-3-5-7-8-6-4-2/h1-15H,(H,21,22);. The lowest BCUT2D eigenvalue weighted by atomic mass is 9.69. The van der Waals surface area contributed by atoms with Crippen LogP contribution in [0.2, 0.25) is 0 Å². The van der Waals surface area contributed by atoms with Crippen molar-refractivity contribution in [1.29, 1.82) is 0 Å². The summed E-state index contributed by atoms with van der Waals surface area (Å²) in [5, 5.41) is 10.2. The molecule has 0 saturated heterocycles. The summed E-state index contributed by atoms with van der Waals surface area (Å²) in [6, 6.07) is 28.1. The molecule has 30 heavy (non-hydrogen) atoms. The monoisotopic (exact) mass is 544 g/mol. The average Bonchev–Trinajstić information content (AvgIpc) is 2.80. The fraction of sp³-hybridized carbons (Fsp3) is 0.0500. The zero-order valence-electron chi connectivity index (χ0n) is 15.3. The highest BCUT2D eigenvalue weighted by Gasteiger charge is 2.43. The lowest BCUT2D eigenvalue weighted by molar-refractivity contribution is -0.140. The summed E-state index contributed by atoms with van der Waals surface area (Å²) in [6.45, 7) is 0. The Balaban J connectivity index is 0.000000343. The molecule has 0 heterocycles. The summed E-state index contributed by atoms with van der Waals surface area (Å²) in [5.41, 5.74) is 1.05. The third kappa shape index (κ3) is 6.69. The molecule has 0 aliphatic heterocycles. The Morgan fingerprint density at radius 3 is 1.13 bits per heavy atom. The molecule has 10 heteroatoms. The second-order valence-corrected chi connectivity index (χ2v) is 16.2. The van der Waals surface area contributed by atoms with E-state index in [1.807, 2.05) is 91.0 Å². The summed E-state index contributed by atoms with van der Waals surface area (Å²) in [7, 11) is 9.12. The van der Waals surface area contributed by atoms with E-state index in [4.69, 9.17) is 0 Å². The van der Waals surface area contributed by atoms with Crippen molar-refractivity contribution in [2.45, 2.75) is 5.41 Å². The molecule has 1 N–H and O–H groups in total. The molecule has 0 fully saturated rings. The van der Waals surface area contributed by atoms with Gasteiger partial charge in [-0.05, 0) is 16.7 Å². The maximum Gasteiger partial charge on any atom is 0.323 e. The summed E-state index contributed by atoms with van der Waals surface area (Å²) in [5.74, 6) is -0.879. The number of carbonyl (C=O) groups is 1. The van der Waals surface area contributed by atoms with Gasteiger partial charge in [-0.15, -0.1) is 0 Å². The third-order valence-corrected chi connectivity index (χ3v) is 15.2. The highest BCUT2D eigenvalue weighted by atomic mass is 33.4. The van der Waals surface area contributed by atoms with E-state index in [1.54, 1.807) is 35.5 Å². The van der Waals surface area contributed by atoms with Crippen LogP contribution in [0.3, 0.4) is 0 Å². The zero-order chi connectivity index (χ0) is 21.7. The van der Waals surface area contributed by atoms with Crippen LogP contribution < -0.4 is 0 Å². The first-order chi connectivity index (χ1) is 14.7. The third-order valence-electron chi connectivity index (χ3n) is 4.08. The van der Waals surface area contributed by atoms with Crippen molar-refractivity contribution in [2.75, 3.05) is 0 Å².